The Kier molecular flexibility index (Phi) is 6.01. The van der Waals surface area contributed by atoms with Crippen LogP contribution >= 0.6 is 0 Å². The first-order chi connectivity index (χ1) is 24.3. The molecule has 50 heavy (non-hydrogen) atoms. The molecule has 2 heteroatoms. The van der Waals surface area contributed by atoms with Gasteiger partial charge in [-0.25, -0.2) is 0 Å². The number of nitrogens with zero attached hydrogens (tertiary/aromatic N) is 1. The van der Waals surface area contributed by atoms with E-state index < -0.39 is 0 Å². The fourth-order valence-corrected chi connectivity index (χ4v) is 8.97. The first-order valence-electron chi connectivity index (χ1n) is 17.6. The minimum absolute atomic E-state index is 0.0957. The van der Waals surface area contributed by atoms with Crippen LogP contribution in [0, 0.1) is 0 Å². The largest absolute Gasteiger partial charge is 0.456 e. The van der Waals surface area contributed by atoms with Crippen molar-refractivity contribution in [3.8, 4) is 33.4 Å². The maximum Gasteiger partial charge on any atom is 0.135 e. The molecular formula is C48H37NO. The van der Waals surface area contributed by atoms with Crippen LogP contribution in [0.15, 0.2) is 156 Å². The number of furan rings is 1. The molecule has 2 nitrogen and oxygen atoms in total. The second-order valence-corrected chi connectivity index (χ2v) is 15.0. The van der Waals surface area contributed by atoms with Crippen LogP contribution in [0.4, 0.5) is 17.1 Å². The highest BCUT2D eigenvalue weighted by Crippen LogP contribution is 2.55. The van der Waals surface area contributed by atoms with E-state index in [1.54, 1.807) is 0 Å². The first kappa shape index (κ1) is 29.1. The van der Waals surface area contributed by atoms with Crippen molar-refractivity contribution in [1.82, 2.24) is 0 Å². The van der Waals surface area contributed by atoms with Crippen molar-refractivity contribution in [2.24, 2.45) is 0 Å². The molecule has 7 aromatic carbocycles. The zero-order valence-electron chi connectivity index (χ0n) is 28.8. The van der Waals surface area contributed by atoms with Gasteiger partial charge >= 0.3 is 0 Å². The first-order valence-corrected chi connectivity index (χ1v) is 17.6. The van der Waals surface area contributed by atoms with Crippen LogP contribution < -0.4 is 4.90 Å². The number of para-hydroxylation sites is 1. The van der Waals surface area contributed by atoms with Gasteiger partial charge in [0.2, 0.25) is 0 Å². The summed E-state index contributed by atoms with van der Waals surface area (Å²) in [6, 6.07) is 55.6. The van der Waals surface area contributed by atoms with E-state index in [0.29, 0.717) is 0 Å². The Morgan fingerprint density at radius 3 is 1.82 bits per heavy atom. The third-order valence-corrected chi connectivity index (χ3v) is 11.5. The lowest BCUT2D eigenvalue weighted by Gasteiger charge is -2.33. The summed E-state index contributed by atoms with van der Waals surface area (Å²) in [4.78, 5) is 2.49. The van der Waals surface area contributed by atoms with E-state index in [9.17, 15) is 0 Å². The molecule has 2 aliphatic rings. The molecule has 0 radical (unpaired) electrons. The lowest BCUT2D eigenvalue weighted by atomic mass is 9.81. The van der Waals surface area contributed by atoms with Gasteiger partial charge in [0.25, 0.3) is 0 Å². The minimum atomic E-state index is -0.157. The summed E-state index contributed by atoms with van der Waals surface area (Å²) in [6.45, 7) is 9.47. The van der Waals surface area contributed by atoms with Crippen molar-refractivity contribution in [2.45, 2.75) is 38.5 Å². The highest BCUT2D eigenvalue weighted by atomic mass is 16.3. The van der Waals surface area contributed by atoms with E-state index in [2.05, 4.69) is 172 Å². The van der Waals surface area contributed by atoms with E-state index in [4.69, 9.17) is 4.42 Å². The molecule has 0 unspecified atom stereocenters. The Morgan fingerprint density at radius 1 is 0.420 bits per heavy atom. The molecule has 0 saturated carbocycles. The Balaban J connectivity index is 1.15. The van der Waals surface area contributed by atoms with Gasteiger partial charge < -0.3 is 9.32 Å². The SMILES string of the molecule is CC1(C)c2ccccc2-c2ccc(N(c3ccc(-c4ccc5oc6ccccc6c5c4)cc3)c3cccc4c3C(C)(C)c3ccccc3-4)cc21. The number of hydrogen-bond donors (Lipinski definition) is 0. The Hall–Kier alpha value is -5.86. The van der Waals surface area contributed by atoms with Gasteiger partial charge in [0.05, 0.1) is 5.69 Å². The van der Waals surface area contributed by atoms with Crippen LogP contribution in [0.1, 0.15) is 49.9 Å². The van der Waals surface area contributed by atoms with Crippen LogP contribution in [0.25, 0.3) is 55.3 Å². The minimum Gasteiger partial charge on any atom is -0.456 e. The molecule has 0 N–H and O–H groups in total. The molecule has 0 spiro atoms. The second kappa shape index (κ2) is 10.3. The van der Waals surface area contributed by atoms with Gasteiger partial charge in [-0.05, 0) is 104 Å². The molecular weight excluding hydrogens is 607 g/mol. The van der Waals surface area contributed by atoms with E-state index in [1.807, 2.05) is 12.1 Å². The Bertz CT molecular complexity index is 2650. The number of hydrogen-bond acceptors (Lipinski definition) is 2. The summed E-state index contributed by atoms with van der Waals surface area (Å²) in [6.07, 6.45) is 0. The van der Waals surface area contributed by atoms with Gasteiger partial charge in [0, 0.05) is 33.0 Å². The molecule has 2 aliphatic carbocycles. The summed E-state index contributed by atoms with van der Waals surface area (Å²) < 4.78 is 6.13. The molecule has 0 amide bonds. The van der Waals surface area contributed by atoms with Crippen LogP contribution in [-0.2, 0) is 10.8 Å². The summed E-state index contributed by atoms with van der Waals surface area (Å²) >= 11 is 0. The van der Waals surface area contributed by atoms with Gasteiger partial charge in [0.15, 0.2) is 0 Å². The zero-order chi connectivity index (χ0) is 33.8. The van der Waals surface area contributed by atoms with Crippen molar-refractivity contribution in [1.29, 1.82) is 0 Å². The summed E-state index contributed by atoms with van der Waals surface area (Å²) in [5.74, 6) is 0. The predicted octanol–water partition coefficient (Wildman–Crippen LogP) is 13.3. The zero-order valence-corrected chi connectivity index (χ0v) is 28.8. The molecule has 0 bridgehead atoms. The molecule has 240 valence electrons. The Morgan fingerprint density at radius 2 is 1.02 bits per heavy atom. The average molecular weight is 644 g/mol. The van der Waals surface area contributed by atoms with Gasteiger partial charge in [0.1, 0.15) is 11.2 Å². The van der Waals surface area contributed by atoms with Crippen LogP contribution in [0.3, 0.4) is 0 Å². The van der Waals surface area contributed by atoms with Crippen LogP contribution in [0.2, 0.25) is 0 Å². The summed E-state index contributed by atoms with van der Waals surface area (Å²) in [7, 11) is 0. The quantitative estimate of drug-likeness (QED) is 0.190. The standard InChI is InChI=1S/C48H37NO/c1-47(2)40-16-8-5-12-34(40)36-26-25-33(29-42(36)47)49(43-18-11-15-38-35-13-6-9-17-41(35)48(3,4)46(38)43)32-23-20-30(21-24-32)31-22-27-45-39(28-31)37-14-7-10-19-44(37)50-45/h5-29H,1-4H3. The van der Waals surface area contributed by atoms with Crippen molar-refractivity contribution in [3.05, 3.63) is 174 Å². The summed E-state index contributed by atoms with van der Waals surface area (Å²) in [5, 5.41) is 2.29. The van der Waals surface area contributed by atoms with E-state index in [-0.39, 0.29) is 10.8 Å². The number of fused-ring (bicyclic) bond motifs is 9. The van der Waals surface area contributed by atoms with Gasteiger partial charge in [-0.2, -0.15) is 0 Å². The van der Waals surface area contributed by atoms with Crippen molar-refractivity contribution < 1.29 is 4.42 Å². The number of benzene rings is 7. The molecule has 1 heterocycles. The highest BCUT2D eigenvalue weighted by Gasteiger charge is 2.40. The van der Waals surface area contributed by atoms with Gasteiger partial charge in [-0.1, -0.05) is 131 Å². The maximum atomic E-state index is 6.13. The Labute approximate surface area is 293 Å². The van der Waals surface area contributed by atoms with E-state index >= 15 is 0 Å². The molecule has 0 atom stereocenters. The van der Waals surface area contributed by atoms with Crippen LogP contribution in [-0.4, -0.2) is 0 Å². The van der Waals surface area contributed by atoms with Crippen molar-refractivity contribution in [3.63, 3.8) is 0 Å². The molecule has 0 aliphatic heterocycles. The normalized spacial score (nSPS) is 14.7. The van der Waals surface area contributed by atoms with Crippen molar-refractivity contribution >= 4 is 39.0 Å². The lowest BCUT2D eigenvalue weighted by Crippen LogP contribution is -2.21. The lowest BCUT2D eigenvalue weighted by molar-refractivity contribution is 0.658. The molecule has 8 aromatic rings. The van der Waals surface area contributed by atoms with Gasteiger partial charge in [-0.3, -0.25) is 0 Å². The van der Waals surface area contributed by atoms with E-state index in [1.165, 1.54) is 67.0 Å². The number of anilines is 3. The molecule has 10 rings (SSSR count). The predicted molar refractivity (Wildman–Crippen MR) is 209 cm³/mol. The second-order valence-electron chi connectivity index (χ2n) is 15.0. The van der Waals surface area contributed by atoms with E-state index in [0.717, 1.165) is 27.6 Å². The smallest absolute Gasteiger partial charge is 0.135 e. The van der Waals surface area contributed by atoms with Crippen molar-refractivity contribution in [2.75, 3.05) is 4.90 Å². The molecule has 0 fully saturated rings. The topological polar surface area (TPSA) is 16.4 Å². The fraction of sp³-hybridized carbons (Fsp3) is 0.125. The fourth-order valence-electron chi connectivity index (χ4n) is 8.97. The third-order valence-electron chi connectivity index (χ3n) is 11.5. The average Bonchev–Trinajstić information content (AvgIpc) is 3.72. The highest BCUT2D eigenvalue weighted by molar-refractivity contribution is 6.06. The molecule has 1 aromatic heterocycles. The summed E-state index contributed by atoms with van der Waals surface area (Å²) in [5.41, 5.74) is 18.3. The van der Waals surface area contributed by atoms with Gasteiger partial charge in [-0.15, -0.1) is 0 Å². The number of rotatable bonds is 4. The third kappa shape index (κ3) is 4.02. The molecule has 0 saturated heterocycles. The van der Waals surface area contributed by atoms with Crippen LogP contribution in [0.5, 0.6) is 0 Å². The maximum absolute atomic E-state index is 6.13. The monoisotopic (exact) mass is 643 g/mol.